The van der Waals surface area contributed by atoms with Gasteiger partial charge >= 0.3 is 0 Å². The Balaban J connectivity index is 1.61. The van der Waals surface area contributed by atoms with Crippen molar-refractivity contribution < 1.29 is 14.0 Å². The zero-order valence-corrected chi connectivity index (χ0v) is 16.1. The third kappa shape index (κ3) is 3.28. The molecule has 0 saturated heterocycles. The van der Waals surface area contributed by atoms with Crippen LogP contribution in [-0.4, -0.2) is 18.4 Å². The Hall–Kier alpha value is -2.86. The molecule has 6 heteroatoms. The van der Waals surface area contributed by atoms with Gasteiger partial charge in [-0.05, 0) is 61.6 Å². The first-order valence-electron chi connectivity index (χ1n) is 8.90. The number of benzene rings is 1. The molecule has 5 nitrogen and oxygen atoms in total. The number of fused-ring (bicyclic) bond motifs is 1. The predicted octanol–water partition coefficient (Wildman–Crippen LogP) is 4.80. The van der Waals surface area contributed by atoms with Crippen molar-refractivity contribution >= 4 is 33.8 Å². The lowest BCUT2D eigenvalue weighted by molar-refractivity contribution is 0.0983. The molecule has 1 aliphatic rings. The Morgan fingerprint density at radius 3 is 2.78 bits per heavy atom. The number of hydrogen-bond acceptors (Lipinski definition) is 4. The molecule has 0 unspecified atom stereocenters. The molecule has 0 atom stereocenters. The molecule has 0 spiro atoms. The van der Waals surface area contributed by atoms with Crippen molar-refractivity contribution in [3.63, 3.8) is 0 Å². The molecule has 3 aromatic rings. The Bertz CT molecular complexity index is 1000. The molecule has 138 valence electrons. The standard InChI is InChI=1S/C21H20N2O3S/c1-13-6-3-7-15-8-4-10-23(18(13)15)21(25)19-14(2)12-17(27-19)22-20(24)16-9-5-11-26-16/h3,5-7,9,11-12H,4,8,10H2,1-2H3,(H,22,24). The van der Waals surface area contributed by atoms with Crippen LogP contribution in [-0.2, 0) is 6.42 Å². The van der Waals surface area contributed by atoms with Gasteiger partial charge in [0.05, 0.1) is 21.8 Å². The number of carbonyl (C=O) groups is 2. The average Bonchev–Trinajstić information content (AvgIpc) is 3.31. The van der Waals surface area contributed by atoms with Crippen LogP contribution in [0.5, 0.6) is 0 Å². The molecular formula is C21H20N2O3S. The van der Waals surface area contributed by atoms with Gasteiger partial charge in [-0.2, -0.15) is 0 Å². The summed E-state index contributed by atoms with van der Waals surface area (Å²) in [6, 6.07) is 11.3. The molecule has 2 aromatic heterocycles. The monoisotopic (exact) mass is 380 g/mol. The van der Waals surface area contributed by atoms with E-state index in [9.17, 15) is 9.59 Å². The van der Waals surface area contributed by atoms with Crippen molar-refractivity contribution in [2.45, 2.75) is 26.7 Å². The topological polar surface area (TPSA) is 62.6 Å². The van der Waals surface area contributed by atoms with Crippen molar-refractivity contribution in [3.8, 4) is 0 Å². The summed E-state index contributed by atoms with van der Waals surface area (Å²) in [4.78, 5) is 28.0. The Morgan fingerprint density at radius 2 is 2.00 bits per heavy atom. The number of amides is 2. The van der Waals surface area contributed by atoms with E-state index in [4.69, 9.17) is 4.42 Å². The van der Waals surface area contributed by atoms with E-state index < -0.39 is 0 Å². The van der Waals surface area contributed by atoms with Gasteiger partial charge in [0.1, 0.15) is 0 Å². The van der Waals surface area contributed by atoms with Crippen molar-refractivity contribution in [3.05, 3.63) is 70.0 Å². The van der Waals surface area contributed by atoms with Crippen LogP contribution in [0.25, 0.3) is 0 Å². The molecule has 2 amide bonds. The van der Waals surface area contributed by atoms with Crippen LogP contribution < -0.4 is 10.2 Å². The van der Waals surface area contributed by atoms with Crippen molar-refractivity contribution in [1.82, 2.24) is 0 Å². The quantitative estimate of drug-likeness (QED) is 0.710. The molecule has 0 bridgehead atoms. The lowest BCUT2D eigenvalue weighted by Crippen LogP contribution is -2.36. The molecule has 4 rings (SSSR count). The second-order valence-electron chi connectivity index (χ2n) is 6.70. The van der Waals surface area contributed by atoms with Gasteiger partial charge in [0, 0.05) is 6.54 Å². The van der Waals surface area contributed by atoms with E-state index in [1.165, 1.54) is 23.2 Å². The minimum absolute atomic E-state index is 0.00810. The Labute approximate surface area is 161 Å². The molecule has 0 aliphatic carbocycles. The first-order valence-corrected chi connectivity index (χ1v) is 9.72. The number of nitrogens with one attached hydrogen (secondary N) is 1. The van der Waals surface area contributed by atoms with Crippen LogP contribution >= 0.6 is 11.3 Å². The number of hydrogen-bond donors (Lipinski definition) is 1. The first-order chi connectivity index (χ1) is 13.0. The highest BCUT2D eigenvalue weighted by Crippen LogP contribution is 2.35. The van der Waals surface area contributed by atoms with Crippen LogP contribution in [0.2, 0.25) is 0 Å². The highest BCUT2D eigenvalue weighted by molar-refractivity contribution is 7.18. The summed E-state index contributed by atoms with van der Waals surface area (Å²) in [6.07, 6.45) is 3.41. The van der Waals surface area contributed by atoms with E-state index in [1.807, 2.05) is 36.9 Å². The number of aryl methyl sites for hydroxylation is 3. The van der Waals surface area contributed by atoms with Gasteiger partial charge < -0.3 is 14.6 Å². The normalized spacial score (nSPS) is 13.3. The fraction of sp³-hybridized carbons (Fsp3) is 0.238. The maximum Gasteiger partial charge on any atom is 0.291 e. The van der Waals surface area contributed by atoms with Crippen molar-refractivity contribution in [1.29, 1.82) is 0 Å². The van der Waals surface area contributed by atoms with E-state index >= 15 is 0 Å². The summed E-state index contributed by atoms with van der Waals surface area (Å²) in [6.45, 7) is 4.65. The number of nitrogens with zero attached hydrogens (tertiary/aromatic N) is 1. The molecule has 27 heavy (non-hydrogen) atoms. The molecular weight excluding hydrogens is 360 g/mol. The largest absolute Gasteiger partial charge is 0.459 e. The van der Waals surface area contributed by atoms with Crippen LogP contribution in [0.15, 0.2) is 47.1 Å². The molecule has 1 aliphatic heterocycles. The van der Waals surface area contributed by atoms with Gasteiger partial charge in [-0.3, -0.25) is 9.59 Å². The van der Waals surface area contributed by atoms with Crippen LogP contribution in [0.3, 0.4) is 0 Å². The smallest absolute Gasteiger partial charge is 0.291 e. The lowest BCUT2D eigenvalue weighted by atomic mass is 9.98. The maximum absolute atomic E-state index is 13.3. The minimum atomic E-state index is -0.320. The van der Waals surface area contributed by atoms with Crippen molar-refractivity contribution in [2.75, 3.05) is 16.8 Å². The number of furan rings is 1. The second-order valence-corrected chi connectivity index (χ2v) is 7.75. The fourth-order valence-corrected chi connectivity index (χ4v) is 4.53. The summed E-state index contributed by atoms with van der Waals surface area (Å²) in [5.41, 5.74) is 4.22. The van der Waals surface area contributed by atoms with Gasteiger partial charge in [0.2, 0.25) is 0 Å². The van der Waals surface area contributed by atoms with Gasteiger partial charge in [0.15, 0.2) is 5.76 Å². The number of anilines is 2. The van der Waals surface area contributed by atoms with Gasteiger partial charge in [-0.1, -0.05) is 18.2 Å². The van der Waals surface area contributed by atoms with Crippen LogP contribution in [0.1, 0.15) is 43.3 Å². The molecule has 0 radical (unpaired) electrons. The highest BCUT2D eigenvalue weighted by atomic mass is 32.1. The summed E-state index contributed by atoms with van der Waals surface area (Å²) in [7, 11) is 0. The Morgan fingerprint density at radius 1 is 1.15 bits per heavy atom. The van der Waals surface area contributed by atoms with E-state index in [-0.39, 0.29) is 17.6 Å². The van der Waals surface area contributed by atoms with E-state index in [1.54, 1.807) is 12.1 Å². The first kappa shape index (κ1) is 17.5. The van der Waals surface area contributed by atoms with E-state index in [2.05, 4.69) is 11.4 Å². The Kier molecular flexibility index (Phi) is 4.58. The van der Waals surface area contributed by atoms with E-state index in [0.29, 0.717) is 16.4 Å². The SMILES string of the molecule is Cc1cc(NC(=O)c2ccco2)sc1C(=O)N1CCCc2cccc(C)c21. The van der Waals surface area contributed by atoms with Crippen molar-refractivity contribution in [2.24, 2.45) is 0 Å². The predicted molar refractivity (Wildman–Crippen MR) is 107 cm³/mol. The fourth-order valence-electron chi connectivity index (χ4n) is 3.51. The molecule has 0 saturated carbocycles. The number of para-hydroxylation sites is 1. The summed E-state index contributed by atoms with van der Waals surface area (Å²) in [5, 5.41) is 3.45. The molecule has 1 aromatic carbocycles. The van der Waals surface area contributed by atoms with E-state index in [0.717, 1.165) is 29.7 Å². The molecule has 1 N–H and O–H groups in total. The summed E-state index contributed by atoms with van der Waals surface area (Å²) in [5.74, 6) is -0.0832. The number of carbonyl (C=O) groups excluding carboxylic acids is 2. The molecule has 3 heterocycles. The zero-order valence-electron chi connectivity index (χ0n) is 15.2. The zero-order chi connectivity index (χ0) is 19.0. The summed E-state index contributed by atoms with van der Waals surface area (Å²) < 4.78 is 5.12. The highest BCUT2D eigenvalue weighted by Gasteiger charge is 2.27. The van der Waals surface area contributed by atoms with Gasteiger partial charge in [-0.15, -0.1) is 11.3 Å². The number of thiophene rings is 1. The third-order valence-electron chi connectivity index (χ3n) is 4.76. The maximum atomic E-state index is 13.3. The van der Waals surface area contributed by atoms with Gasteiger partial charge in [-0.25, -0.2) is 0 Å². The van der Waals surface area contributed by atoms with Crippen LogP contribution in [0.4, 0.5) is 10.7 Å². The number of rotatable bonds is 3. The molecule has 0 fully saturated rings. The minimum Gasteiger partial charge on any atom is -0.459 e. The van der Waals surface area contributed by atoms with Gasteiger partial charge in [0.25, 0.3) is 11.8 Å². The van der Waals surface area contributed by atoms with Crippen LogP contribution in [0, 0.1) is 13.8 Å². The third-order valence-corrected chi connectivity index (χ3v) is 5.90. The second kappa shape index (κ2) is 7.04. The average molecular weight is 380 g/mol. The lowest BCUT2D eigenvalue weighted by Gasteiger charge is -2.31. The summed E-state index contributed by atoms with van der Waals surface area (Å²) >= 11 is 1.30.